The Bertz CT molecular complexity index is 610. The first kappa shape index (κ1) is 12.4. The lowest BCUT2D eigenvalue weighted by molar-refractivity contribution is 0.0690. The Labute approximate surface area is 108 Å². The van der Waals surface area contributed by atoms with E-state index in [1.54, 1.807) is 13.1 Å². The quantitative estimate of drug-likeness (QED) is 0.923. The maximum Gasteiger partial charge on any atom is 0.356 e. The molecule has 0 aliphatic carbocycles. The van der Waals surface area contributed by atoms with Crippen LogP contribution in [0, 0.1) is 6.92 Å². The van der Waals surface area contributed by atoms with Gasteiger partial charge in [-0.2, -0.15) is 5.10 Å². The smallest absolute Gasteiger partial charge is 0.356 e. The van der Waals surface area contributed by atoms with Crippen LogP contribution in [0.1, 0.15) is 16.2 Å². The summed E-state index contributed by atoms with van der Waals surface area (Å²) in [7, 11) is 1.72. The molecule has 0 atom stereocenters. The molecule has 0 aliphatic heterocycles. The molecule has 6 nitrogen and oxygen atoms in total. The van der Waals surface area contributed by atoms with E-state index in [4.69, 9.17) is 21.4 Å². The summed E-state index contributed by atoms with van der Waals surface area (Å²) in [4.78, 5) is 14.7. The van der Waals surface area contributed by atoms with E-state index >= 15 is 0 Å². The fourth-order valence-corrected chi connectivity index (χ4v) is 1.61. The van der Waals surface area contributed by atoms with E-state index in [0.29, 0.717) is 5.88 Å². The fraction of sp³-hybridized carbons (Fsp3) is 0.182. The highest BCUT2D eigenvalue weighted by Crippen LogP contribution is 2.23. The van der Waals surface area contributed by atoms with Crippen molar-refractivity contribution in [3.63, 3.8) is 0 Å². The van der Waals surface area contributed by atoms with Crippen LogP contribution in [0.15, 0.2) is 18.2 Å². The number of aromatic carboxylic acids is 1. The molecule has 0 unspecified atom stereocenters. The lowest BCUT2D eigenvalue weighted by Gasteiger charge is -2.05. The number of hydrogen-bond acceptors (Lipinski definition) is 4. The molecule has 0 fully saturated rings. The van der Waals surface area contributed by atoms with Gasteiger partial charge in [0.1, 0.15) is 0 Å². The van der Waals surface area contributed by atoms with Crippen LogP contribution in [-0.2, 0) is 7.05 Å². The number of rotatable bonds is 3. The van der Waals surface area contributed by atoms with Crippen LogP contribution in [0.4, 0.5) is 0 Å². The monoisotopic (exact) mass is 267 g/mol. The van der Waals surface area contributed by atoms with Crippen LogP contribution in [0.3, 0.4) is 0 Å². The number of nitrogens with zero attached hydrogens (tertiary/aromatic N) is 3. The highest BCUT2D eigenvalue weighted by Gasteiger charge is 2.13. The van der Waals surface area contributed by atoms with Crippen LogP contribution in [0.25, 0.3) is 0 Å². The SMILES string of the molecule is Cc1cc(Oc2ccc(Cl)c(C(=O)O)n2)n(C)n1. The van der Waals surface area contributed by atoms with Gasteiger partial charge in [-0.15, -0.1) is 0 Å². The normalized spacial score (nSPS) is 10.4. The summed E-state index contributed by atoms with van der Waals surface area (Å²) in [6.45, 7) is 1.82. The molecule has 0 aliphatic rings. The van der Waals surface area contributed by atoms with E-state index in [9.17, 15) is 4.79 Å². The molecule has 7 heteroatoms. The van der Waals surface area contributed by atoms with Gasteiger partial charge in [0.05, 0.1) is 10.7 Å². The number of hydrogen-bond donors (Lipinski definition) is 1. The van der Waals surface area contributed by atoms with Gasteiger partial charge in [-0.3, -0.25) is 0 Å². The molecule has 0 spiro atoms. The minimum absolute atomic E-state index is 0.0658. The highest BCUT2D eigenvalue weighted by molar-refractivity contribution is 6.33. The third-order valence-electron chi connectivity index (χ3n) is 2.19. The first-order valence-electron chi connectivity index (χ1n) is 5.05. The van der Waals surface area contributed by atoms with Gasteiger partial charge in [-0.25, -0.2) is 14.5 Å². The van der Waals surface area contributed by atoms with E-state index in [1.807, 2.05) is 6.92 Å². The standard InChI is InChI=1S/C11H10ClN3O3/c1-6-5-9(15(2)14-6)18-8-4-3-7(12)10(13-8)11(16)17/h3-5H,1-2H3,(H,16,17). The zero-order valence-electron chi connectivity index (χ0n) is 9.72. The van der Waals surface area contributed by atoms with E-state index < -0.39 is 5.97 Å². The van der Waals surface area contributed by atoms with Crippen LogP contribution < -0.4 is 4.74 Å². The number of halogens is 1. The summed E-state index contributed by atoms with van der Waals surface area (Å²) in [6.07, 6.45) is 0. The number of aryl methyl sites for hydroxylation is 2. The molecule has 0 saturated carbocycles. The topological polar surface area (TPSA) is 77.2 Å². The number of carbonyl (C=O) groups is 1. The molecule has 1 N–H and O–H groups in total. The number of pyridine rings is 1. The summed E-state index contributed by atoms with van der Waals surface area (Å²) in [5, 5.41) is 13.1. The molecule has 0 radical (unpaired) electrons. The number of carboxylic acid groups (broad SMARTS) is 1. The van der Waals surface area contributed by atoms with Crippen LogP contribution in [-0.4, -0.2) is 25.8 Å². The van der Waals surface area contributed by atoms with Gasteiger partial charge in [0.25, 0.3) is 0 Å². The average Bonchev–Trinajstić information content (AvgIpc) is 2.60. The van der Waals surface area contributed by atoms with Crippen LogP contribution >= 0.6 is 11.6 Å². The summed E-state index contributed by atoms with van der Waals surface area (Å²) in [5.74, 6) is -0.579. The van der Waals surface area contributed by atoms with E-state index in [-0.39, 0.29) is 16.6 Å². The third-order valence-corrected chi connectivity index (χ3v) is 2.50. The molecule has 2 rings (SSSR count). The average molecular weight is 268 g/mol. The molecule has 2 heterocycles. The van der Waals surface area contributed by atoms with Gasteiger partial charge >= 0.3 is 5.97 Å². The molecular weight excluding hydrogens is 258 g/mol. The zero-order chi connectivity index (χ0) is 13.3. The molecule has 2 aromatic heterocycles. The summed E-state index contributed by atoms with van der Waals surface area (Å²) in [6, 6.07) is 4.64. The van der Waals surface area contributed by atoms with Gasteiger partial charge in [-0.1, -0.05) is 11.6 Å². The minimum atomic E-state index is -1.20. The number of ether oxygens (including phenoxy) is 1. The Morgan fingerprint density at radius 2 is 2.22 bits per heavy atom. The lowest BCUT2D eigenvalue weighted by atomic mass is 10.3. The molecule has 0 aromatic carbocycles. The Kier molecular flexibility index (Phi) is 3.20. The predicted octanol–water partition coefficient (Wildman–Crippen LogP) is 2.27. The van der Waals surface area contributed by atoms with Crippen molar-refractivity contribution in [1.82, 2.24) is 14.8 Å². The molecule has 2 aromatic rings. The van der Waals surface area contributed by atoms with Crippen LogP contribution in [0.5, 0.6) is 11.8 Å². The lowest BCUT2D eigenvalue weighted by Crippen LogP contribution is -2.03. The van der Waals surface area contributed by atoms with Gasteiger partial charge in [0.15, 0.2) is 5.69 Å². The van der Waals surface area contributed by atoms with Crippen molar-refractivity contribution in [2.75, 3.05) is 0 Å². The van der Waals surface area contributed by atoms with Crippen molar-refractivity contribution < 1.29 is 14.6 Å². The van der Waals surface area contributed by atoms with Gasteiger partial charge in [0, 0.05) is 19.2 Å². The zero-order valence-corrected chi connectivity index (χ0v) is 10.5. The second-order valence-corrected chi connectivity index (χ2v) is 4.04. The number of aromatic nitrogens is 3. The van der Waals surface area contributed by atoms with Gasteiger partial charge in [0.2, 0.25) is 11.8 Å². The predicted molar refractivity (Wildman–Crippen MR) is 64.2 cm³/mol. The van der Waals surface area contributed by atoms with Crippen LogP contribution in [0.2, 0.25) is 5.02 Å². The van der Waals surface area contributed by atoms with Crippen molar-refractivity contribution in [2.45, 2.75) is 6.92 Å². The minimum Gasteiger partial charge on any atom is -0.476 e. The fourth-order valence-electron chi connectivity index (χ4n) is 1.42. The Morgan fingerprint density at radius 1 is 1.50 bits per heavy atom. The Morgan fingerprint density at radius 3 is 2.78 bits per heavy atom. The van der Waals surface area contributed by atoms with Gasteiger partial charge in [-0.05, 0) is 13.0 Å². The van der Waals surface area contributed by atoms with E-state index in [1.165, 1.54) is 16.8 Å². The second kappa shape index (κ2) is 4.66. The van der Waals surface area contributed by atoms with Crippen molar-refractivity contribution >= 4 is 17.6 Å². The largest absolute Gasteiger partial charge is 0.476 e. The van der Waals surface area contributed by atoms with Crippen molar-refractivity contribution in [3.8, 4) is 11.8 Å². The van der Waals surface area contributed by atoms with Crippen molar-refractivity contribution in [3.05, 3.63) is 34.6 Å². The Hall–Kier alpha value is -2.08. The highest BCUT2D eigenvalue weighted by atomic mass is 35.5. The molecule has 0 amide bonds. The third kappa shape index (κ3) is 2.43. The maximum absolute atomic E-state index is 10.9. The summed E-state index contributed by atoms with van der Waals surface area (Å²) in [5.41, 5.74) is 0.549. The Balaban J connectivity index is 2.32. The van der Waals surface area contributed by atoms with Gasteiger partial charge < -0.3 is 9.84 Å². The molecular formula is C11H10ClN3O3. The summed E-state index contributed by atoms with van der Waals surface area (Å²) < 4.78 is 6.98. The van der Waals surface area contributed by atoms with E-state index in [2.05, 4.69) is 10.1 Å². The molecule has 18 heavy (non-hydrogen) atoms. The second-order valence-electron chi connectivity index (χ2n) is 3.63. The molecule has 94 valence electrons. The summed E-state index contributed by atoms with van der Waals surface area (Å²) >= 11 is 5.71. The molecule has 0 bridgehead atoms. The molecule has 0 saturated heterocycles. The first-order valence-corrected chi connectivity index (χ1v) is 5.43. The van der Waals surface area contributed by atoms with Crippen molar-refractivity contribution in [1.29, 1.82) is 0 Å². The maximum atomic E-state index is 10.9. The number of carboxylic acids is 1. The van der Waals surface area contributed by atoms with Crippen molar-refractivity contribution in [2.24, 2.45) is 7.05 Å². The first-order chi connectivity index (χ1) is 8.47. The van der Waals surface area contributed by atoms with E-state index in [0.717, 1.165) is 5.69 Å².